The van der Waals surface area contributed by atoms with Crippen molar-refractivity contribution in [3.63, 3.8) is 0 Å². The zero-order valence-electron chi connectivity index (χ0n) is 14.5. The zero-order valence-corrected chi connectivity index (χ0v) is 14.5. The van der Waals surface area contributed by atoms with Crippen molar-refractivity contribution < 1.29 is 4.74 Å². The van der Waals surface area contributed by atoms with Gasteiger partial charge in [-0.2, -0.15) is 0 Å². The van der Waals surface area contributed by atoms with Crippen LogP contribution in [0.25, 0.3) is 0 Å². The molecule has 5 nitrogen and oxygen atoms in total. The highest BCUT2D eigenvalue weighted by Gasteiger charge is 2.09. The third kappa shape index (κ3) is 6.59. The van der Waals surface area contributed by atoms with E-state index in [9.17, 15) is 0 Å². The first-order chi connectivity index (χ1) is 11.3. The Morgan fingerprint density at radius 3 is 2.74 bits per heavy atom. The number of hydrogen-bond acceptors (Lipinski definition) is 3. The summed E-state index contributed by atoms with van der Waals surface area (Å²) in [7, 11) is 0. The summed E-state index contributed by atoms with van der Waals surface area (Å²) in [5, 5.41) is 6.75. The molecule has 0 saturated carbocycles. The summed E-state index contributed by atoms with van der Waals surface area (Å²) in [4.78, 5) is 7.15. The van der Waals surface area contributed by atoms with Crippen LogP contribution in [0.15, 0.2) is 29.3 Å². The lowest BCUT2D eigenvalue weighted by Crippen LogP contribution is -2.40. The summed E-state index contributed by atoms with van der Waals surface area (Å²) >= 11 is 0. The molecule has 2 rings (SSSR count). The van der Waals surface area contributed by atoms with Gasteiger partial charge in [-0.3, -0.25) is 4.90 Å². The van der Waals surface area contributed by atoms with Crippen molar-refractivity contribution in [1.29, 1.82) is 0 Å². The molecule has 23 heavy (non-hydrogen) atoms. The van der Waals surface area contributed by atoms with Gasteiger partial charge in [0.15, 0.2) is 5.96 Å². The first kappa shape index (κ1) is 17.8. The third-order valence-electron chi connectivity index (χ3n) is 4.06. The van der Waals surface area contributed by atoms with E-state index in [0.29, 0.717) is 6.54 Å². The number of morpholine rings is 1. The maximum atomic E-state index is 5.37. The summed E-state index contributed by atoms with van der Waals surface area (Å²) in [6, 6.07) is 8.41. The number of nitrogens with zero attached hydrogens (tertiary/aromatic N) is 2. The molecule has 0 spiro atoms. The quantitative estimate of drug-likeness (QED) is 0.457. The molecule has 128 valence electrons. The van der Waals surface area contributed by atoms with Gasteiger partial charge in [-0.1, -0.05) is 24.3 Å². The molecule has 1 aliphatic rings. The Labute approximate surface area is 140 Å². The lowest BCUT2D eigenvalue weighted by molar-refractivity contribution is 0.0376. The van der Waals surface area contributed by atoms with Gasteiger partial charge < -0.3 is 15.4 Å². The van der Waals surface area contributed by atoms with Gasteiger partial charge in [0.25, 0.3) is 0 Å². The molecule has 5 heteroatoms. The summed E-state index contributed by atoms with van der Waals surface area (Å²) in [6.07, 6.45) is 1.12. The zero-order chi connectivity index (χ0) is 16.3. The molecule has 1 saturated heterocycles. The molecule has 0 atom stereocenters. The Balaban J connectivity index is 1.74. The standard InChI is InChI=1S/C18H30N4O/c1-3-19-18(21-15-17-8-5-4-7-16(17)2)20-9-6-10-22-11-13-23-14-12-22/h4-5,7-8H,3,6,9-15H2,1-2H3,(H2,19,20,21). The predicted molar refractivity (Wildman–Crippen MR) is 95.9 cm³/mol. The number of benzene rings is 1. The van der Waals surface area contributed by atoms with Gasteiger partial charge in [0.1, 0.15) is 0 Å². The number of ether oxygens (including phenoxy) is 1. The van der Waals surface area contributed by atoms with E-state index in [2.05, 4.69) is 58.6 Å². The van der Waals surface area contributed by atoms with E-state index < -0.39 is 0 Å². The molecule has 1 aromatic rings. The number of aryl methyl sites for hydroxylation is 1. The minimum atomic E-state index is 0.714. The fourth-order valence-corrected chi connectivity index (χ4v) is 2.63. The van der Waals surface area contributed by atoms with E-state index in [1.165, 1.54) is 11.1 Å². The fourth-order valence-electron chi connectivity index (χ4n) is 2.63. The Hall–Kier alpha value is -1.59. The second-order valence-corrected chi connectivity index (χ2v) is 5.86. The highest BCUT2D eigenvalue weighted by atomic mass is 16.5. The van der Waals surface area contributed by atoms with Gasteiger partial charge in [-0.15, -0.1) is 0 Å². The van der Waals surface area contributed by atoms with Crippen LogP contribution in [-0.4, -0.2) is 56.8 Å². The molecule has 2 N–H and O–H groups in total. The van der Waals surface area contributed by atoms with Gasteiger partial charge in [0.2, 0.25) is 0 Å². The molecule has 0 radical (unpaired) electrons. The van der Waals surface area contributed by atoms with Crippen LogP contribution >= 0.6 is 0 Å². The minimum Gasteiger partial charge on any atom is -0.379 e. The van der Waals surface area contributed by atoms with E-state index in [0.717, 1.165) is 58.3 Å². The highest BCUT2D eigenvalue weighted by Crippen LogP contribution is 2.07. The fraction of sp³-hybridized carbons (Fsp3) is 0.611. The first-order valence-electron chi connectivity index (χ1n) is 8.66. The molecule has 1 fully saturated rings. The number of rotatable bonds is 7. The van der Waals surface area contributed by atoms with Crippen molar-refractivity contribution in [2.75, 3.05) is 45.9 Å². The van der Waals surface area contributed by atoms with Crippen LogP contribution in [0.5, 0.6) is 0 Å². The minimum absolute atomic E-state index is 0.714. The molecule has 1 aromatic carbocycles. The van der Waals surface area contributed by atoms with Gasteiger partial charge in [-0.05, 0) is 37.9 Å². The molecule has 0 bridgehead atoms. The molecular formula is C18H30N4O. The van der Waals surface area contributed by atoms with Crippen LogP contribution in [0.4, 0.5) is 0 Å². The summed E-state index contributed by atoms with van der Waals surface area (Å²) in [5.41, 5.74) is 2.57. The Bertz CT molecular complexity index is 484. The van der Waals surface area contributed by atoms with Crippen molar-refractivity contribution >= 4 is 5.96 Å². The molecule has 0 aromatic heterocycles. The Morgan fingerprint density at radius 2 is 2.00 bits per heavy atom. The van der Waals surface area contributed by atoms with Crippen LogP contribution in [0.2, 0.25) is 0 Å². The van der Waals surface area contributed by atoms with E-state index in [1.54, 1.807) is 0 Å². The van der Waals surface area contributed by atoms with Crippen molar-refractivity contribution in [3.05, 3.63) is 35.4 Å². The molecule has 1 heterocycles. The highest BCUT2D eigenvalue weighted by molar-refractivity contribution is 5.79. The number of nitrogens with one attached hydrogen (secondary N) is 2. The summed E-state index contributed by atoms with van der Waals surface area (Å²) < 4.78 is 5.37. The SMILES string of the molecule is CCNC(=NCc1ccccc1C)NCCCN1CCOCC1. The van der Waals surface area contributed by atoms with E-state index >= 15 is 0 Å². The average molecular weight is 318 g/mol. The topological polar surface area (TPSA) is 48.9 Å². The van der Waals surface area contributed by atoms with Gasteiger partial charge in [-0.25, -0.2) is 4.99 Å². The first-order valence-corrected chi connectivity index (χ1v) is 8.66. The van der Waals surface area contributed by atoms with Crippen LogP contribution in [0.3, 0.4) is 0 Å². The van der Waals surface area contributed by atoms with E-state index in [4.69, 9.17) is 4.74 Å². The maximum absolute atomic E-state index is 5.37. The molecular weight excluding hydrogens is 288 g/mol. The number of guanidine groups is 1. The lowest BCUT2D eigenvalue weighted by atomic mass is 10.1. The van der Waals surface area contributed by atoms with E-state index in [1.807, 2.05) is 0 Å². The number of hydrogen-bond donors (Lipinski definition) is 2. The normalized spacial score (nSPS) is 16.3. The number of aliphatic imine (C=N–C) groups is 1. The summed E-state index contributed by atoms with van der Waals surface area (Å²) in [5.74, 6) is 0.901. The Kier molecular flexibility index (Phi) is 7.90. The lowest BCUT2D eigenvalue weighted by Gasteiger charge is -2.26. The van der Waals surface area contributed by atoms with Crippen LogP contribution in [0, 0.1) is 6.92 Å². The average Bonchev–Trinajstić information content (AvgIpc) is 2.58. The monoisotopic (exact) mass is 318 g/mol. The third-order valence-corrected chi connectivity index (χ3v) is 4.06. The van der Waals surface area contributed by atoms with Crippen molar-refractivity contribution in [2.45, 2.75) is 26.8 Å². The van der Waals surface area contributed by atoms with Crippen molar-refractivity contribution in [1.82, 2.24) is 15.5 Å². The van der Waals surface area contributed by atoms with Gasteiger partial charge in [0.05, 0.1) is 19.8 Å². The Morgan fingerprint density at radius 1 is 1.22 bits per heavy atom. The predicted octanol–water partition coefficient (Wildman–Crippen LogP) is 1.77. The summed E-state index contributed by atoms with van der Waals surface area (Å²) in [6.45, 7) is 11.7. The largest absolute Gasteiger partial charge is 0.379 e. The molecule has 0 amide bonds. The molecule has 0 unspecified atom stereocenters. The van der Waals surface area contributed by atoms with Crippen molar-refractivity contribution in [2.24, 2.45) is 4.99 Å². The maximum Gasteiger partial charge on any atom is 0.191 e. The van der Waals surface area contributed by atoms with Crippen LogP contribution in [0.1, 0.15) is 24.5 Å². The smallest absolute Gasteiger partial charge is 0.191 e. The molecule has 0 aliphatic carbocycles. The second-order valence-electron chi connectivity index (χ2n) is 5.86. The van der Waals surface area contributed by atoms with Crippen molar-refractivity contribution in [3.8, 4) is 0 Å². The van der Waals surface area contributed by atoms with Gasteiger partial charge in [0, 0.05) is 26.2 Å². The van der Waals surface area contributed by atoms with Gasteiger partial charge >= 0.3 is 0 Å². The van der Waals surface area contributed by atoms with E-state index in [-0.39, 0.29) is 0 Å². The van der Waals surface area contributed by atoms with Crippen LogP contribution < -0.4 is 10.6 Å². The van der Waals surface area contributed by atoms with Crippen LogP contribution in [-0.2, 0) is 11.3 Å². The molecule has 1 aliphatic heterocycles. The second kappa shape index (κ2) is 10.2.